The molecule has 2 atom stereocenters. The van der Waals surface area contributed by atoms with Crippen molar-refractivity contribution < 1.29 is 47.8 Å². The van der Waals surface area contributed by atoms with Gasteiger partial charge in [-0.05, 0) is 12.1 Å². The normalized spacial score (nSPS) is 13.6. The van der Waals surface area contributed by atoms with Crippen molar-refractivity contribution in [3.63, 3.8) is 0 Å². The van der Waals surface area contributed by atoms with Crippen LogP contribution in [0, 0.1) is 5.82 Å². The van der Waals surface area contributed by atoms with E-state index in [0.717, 1.165) is 12.1 Å². The number of aromatic hydroxyl groups is 2. The van der Waals surface area contributed by atoms with Crippen LogP contribution in [0.2, 0.25) is 0 Å². The molecule has 17 heavy (non-hydrogen) atoms. The van der Waals surface area contributed by atoms with Crippen LogP contribution in [0.1, 0.15) is 11.7 Å². The maximum atomic E-state index is 13.3. The van der Waals surface area contributed by atoms with Crippen LogP contribution in [0.15, 0.2) is 12.1 Å². The number of aliphatic hydroxyl groups is 1. The van der Waals surface area contributed by atoms with E-state index in [1.54, 1.807) is 0 Å². The van der Waals surface area contributed by atoms with Crippen LogP contribution >= 0.6 is 0 Å². The number of carboxylic acid groups (broad SMARTS) is 1. The van der Waals surface area contributed by atoms with Gasteiger partial charge in [0.2, 0.25) is 6.04 Å². The number of phenolic OH excluding ortho intramolecular Hbond substituents is 2. The molecule has 1 aromatic rings. The molecule has 0 unspecified atom stereocenters. The lowest BCUT2D eigenvalue weighted by molar-refractivity contribution is -0.426. The van der Waals surface area contributed by atoms with Gasteiger partial charge in [-0.15, -0.1) is 0 Å². The Morgan fingerprint density at radius 3 is 2.35 bits per heavy atom. The third kappa shape index (κ3) is 2.96. The zero-order chi connectivity index (χ0) is 12.5. The van der Waals surface area contributed by atoms with Gasteiger partial charge in [-0.25, -0.2) is 9.18 Å². The summed E-state index contributed by atoms with van der Waals surface area (Å²) < 4.78 is 13.3. The molecule has 96 valence electrons. The van der Waals surface area contributed by atoms with Gasteiger partial charge in [0.05, 0.1) is 0 Å². The highest BCUT2D eigenvalue weighted by Gasteiger charge is 2.30. The molecule has 0 aliphatic heterocycles. The highest BCUT2D eigenvalue weighted by atomic mass is 35.5. The van der Waals surface area contributed by atoms with Crippen LogP contribution in [-0.2, 0) is 4.79 Å². The van der Waals surface area contributed by atoms with Gasteiger partial charge in [0.15, 0.2) is 17.3 Å². The number of aliphatic hydroxyl groups excluding tert-OH is 1. The summed E-state index contributed by atoms with van der Waals surface area (Å²) in [4.78, 5) is 10.5. The molecule has 0 aliphatic carbocycles. The van der Waals surface area contributed by atoms with Crippen LogP contribution in [0.5, 0.6) is 11.5 Å². The fourth-order valence-electron chi connectivity index (χ4n) is 1.15. The first-order valence-electron chi connectivity index (χ1n) is 4.30. The van der Waals surface area contributed by atoms with E-state index in [1.165, 1.54) is 0 Å². The van der Waals surface area contributed by atoms with E-state index in [9.17, 15) is 14.3 Å². The van der Waals surface area contributed by atoms with Crippen molar-refractivity contribution in [2.75, 3.05) is 0 Å². The Hall–Kier alpha value is -1.57. The third-order valence-corrected chi connectivity index (χ3v) is 2.14. The molecule has 0 aliphatic rings. The predicted octanol–water partition coefficient (Wildman–Crippen LogP) is -4.03. The number of quaternary nitrogens is 1. The van der Waals surface area contributed by atoms with Gasteiger partial charge in [0, 0.05) is 5.56 Å². The third-order valence-electron chi connectivity index (χ3n) is 2.14. The van der Waals surface area contributed by atoms with Crippen LogP contribution in [0.25, 0.3) is 0 Å². The average Bonchev–Trinajstić information content (AvgIpc) is 2.24. The molecule has 0 spiro atoms. The van der Waals surface area contributed by atoms with E-state index < -0.39 is 41.0 Å². The quantitative estimate of drug-likeness (QED) is 0.357. The molecule has 8 heteroatoms. The number of rotatable bonds is 3. The molecular weight excluding hydrogens is 257 g/mol. The second-order valence-electron chi connectivity index (χ2n) is 3.23. The van der Waals surface area contributed by atoms with E-state index in [1.807, 2.05) is 0 Å². The van der Waals surface area contributed by atoms with Crippen molar-refractivity contribution in [1.29, 1.82) is 0 Å². The van der Waals surface area contributed by atoms with Crippen molar-refractivity contribution in [2.45, 2.75) is 12.1 Å². The maximum absolute atomic E-state index is 13.3. The topological polar surface area (TPSA) is 126 Å². The van der Waals surface area contributed by atoms with Gasteiger partial charge in [-0.3, -0.25) is 0 Å². The standard InChI is InChI=1S/C9H10FNO5.ClH/c10-5-3(1-2-4(12)8(5)14)7(13)6(11)9(15)16;/h1-2,6-7,12-14H,11H2,(H,15,16);1H/t6-,7+;/m0./s1. The number of carbonyl (C=O) groups is 1. The summed E-state index contributed by atoms with van der Waals surface area (Å²) in [6.07, 6.45) is -1.70. The van der Waals surface area contributed by atoms with Gasteiger partial charge in [0.1, 0.15) is 6.10 Å². The Morgan fingerprint density at radius 1 is 1.35 bits per heavy atom. The Balaban J connectivity index is 0.00000256. The molecule has 0 saturated carbocycles. The smallest absolute Gasteiger partial charge is 0.365 e. The number of phenols is 2. The fourth-order valence-corrected chi connectivity index (χ4v) is 1.15. The first kappa shape index (κ1) is 15.4. The monoisotopic (exact) mass is 267 g/mol. The Kier molecular flexibility index (Phi) is 5.14. The number of carboxylic acids is 1. The fraction of sp³-hybridized carbons (Fsp3) is 0.222. The van der Waals surface area contributed by atoms with Crippen molar-refractivity contribution >= 4 is 5.97 Å². The van der Waals surface area contributed by atoms with E-state index in [0.29, 0.717) is 0 Å². The molecule has 0 fully saturated rings. The van der Waals surface area contributed by atoms with Crippen LogP contribution in [-0.4, -0.2) is 32.4 Å². The number of hydrogen-bond acceptors (Lipinski definition) is 4. The van der Waals surface area contributed by atoms with Crippen molar-refractivity contribution in [2.24, 2.45) is 0 Å². The Bertz CT molecular complexity index is 428. The highest BCUT2D eigenvalue weighted by Crippen LogP contribution is 2.32. The largest absolute Gasteiger partial charge is 1.00 e. The molecule has 0 bridgehead atoms. The minimum absolute atomic E-state index is 0. The van der Waals surface area contributed by atoms with Crippen LogP contribution in [0.4, 0.5) is 4.39 Å². The lowest BCUT2D eigenvalue weighted by atomic mass is 10.0. The SMILES string of the molecule is [Cl-].[NH3+][C@H](C(=O)O)[C@H](O)c1ccc(O)c(O)c1F. The predicted molar refractivity (Wildman–Crippen MR) is 49.0 cm³/mol. The van der Waals surface area contributed by atoms with Crippen molar-refractivity contribution in [1.82, 2.24) is 0 Å². The van der Waals surface area contributed by atoms with Crippen LogP contribution < -0.4 is 18.1 Å². The van der Waals surface area contributed by atoms with Crippen LogP contribution in [0.3, 0.4) is 0 Å². The van der Waals surface area contributed by atoms with Gasteiger partial charge in [-0.2, -0.15) is 0 Å². The molecule has 7 N–H and O–H groups in total. The lowest BCUT2D eigenvalue weighted by Gasteiger charge is -2.14. The molecule has 0 radical (unpaired) electrons. The zero-order valence-electron chi connectivity index (χ0n) is 8.47. The van der Waals surface area contributed by atoms with Gasteiger partial charge in [-0.1, -0.05) is 0 Å². The second kappa shape index (κ2) is 5.67. The summed E-state index contributed by atoms with van der Waals surface area (Å²) in [6.45, 7) is 0. The minimum Gasteiger partial charge on any atom is -1.00 e. The number of benzene rings is 1. The van der Waals surface area contributed by atoms with Gasteiger partial charge < -0.3 is 38.6 Å². The van der Waals surface area contributed by atoms with E-state index >= 15 is 0 Å². The number of halogens is 2. The molecule has 1 aromatic carbocycles. The molecule has 6 nitrogen and oxygen atoms in total. The summed E-state index contributed by atoms with van der Waals surface area (Å²) in [5, 5.41) is 36.1. The zero-order valence-corrected chi connectivity index (χ0v) is 9.23. The molecule has 1 rings (SSSR count). The number of hydrogen-bond donors (Lipinski definition) is 5. The Labute approximate surface area is 102 Å². The molecular formula is C9H11ClFNO5. The van der Waals surface area contributed by atoms with Gasteiger partial charge >= 0.3 is 5.97 Å². The maximum Gasteiger partial charge on any atom is 0.365 e. The minimum atomic E-state index is -1.70. The summed E-state index contributed by atoms with van der Waals surface area (Å²) >= 11 is 0. The van der Waals surface area contributed by atoms with E-state index in [2.05, 4.69) is 5.73 Å². The average molecular weight is 268 g/mol. The first-order chi connectivity index (χ1) is 7.36. The lowest BCUT2D eigenvalue weighted by Crippen LogP contribution is -3.00. The summed E-state index contributed by atoms with van der Waals surface area (Å²) in [5.74, 6) is -4.39. The number of aliphatic carboxylic acids is 1. The van der Waals surface area contributed by atoms with Crippen molar-refractivity contribution in [3.8, 4) is 11.5 Å². The van der Waals surface area contributed by atoms with Crippen molar-refractivity contribution in [3.05, 3.63) is 23.5 Å². The van der Waals surface area contributed by atoms with E-state index in [-0.39, 0.29) is 12.4 Å². The first-order valence-corrected chi connectivity index (χ1v) is 4.30. The van der Waals surface area contributed by atoms with Gasteiger partial charge in [0.25, 0.3) is 0 Å². The molecule has 0 amide bonds. The summed E-state index contributed by atoms with van der Waals surface area (Å²) in [7, 11) is 0. The molecule has 0 heterocycles. The summed E-state index contributed by atoms with van der Waals surface area (Å²) in [5.41, 5.74) is 2.71. The molecule has 0 aromatic heterocycles. The highest BCUT2D eigenvalue weighted by molar-refractivity contribution is 5.72. The second-order valence-corrected chi connectivity index (χ2v) is 3.23. The van der Waals surface area contributed by atoms with E-state index in [4.69, 9.17) is 15.3 Å². The molecule has 0 saturated heterocycles. The Morgan fingerprint density at radius 2 is 1.88 bits per heavy atom. The summed E-state index contributed by atoms with van der Waals surface area (Å²) in [6, 6.07) is 0.459.